The molecule has 0 N–H and O–H groups in total. The number of carbonyl (C=O) groups excluding carboxylic acids is 4. The number of fused-ring (bicyclic) bond motifs is 2. The zero-order valence-electron chi connectivity index (χ0n) is 17.3. The van der Waals surface area contributed by atoms with Crippen molar-refractivity contribution in [3.63, 3.8) is 0 Å². The van der Waals surface area contributed by atoms with E-state index in [0.717, 1.165) is 4.90 Å². The molecule has 8 heteroatoms. The maximum atomic E-state index is 12.7. The van der Waals surface area contributed by atoms with Crippen molar-refractivity contribution in [1.29, 1.82) is 0 Å². The Hall–Kier alpha value is -4.20. The highest BCUT2D eigenvalue weighted by atomic mass is 16.5. The summed E-state index contributed by atoms with van der Waals surface area (Å²) in [5.74, 6) is -2.33. The molecule has 162 valence electrons. The van der Waals surface area contributed by atoms with Crippen LogP contribution >= 0.6 is 0 Å². The largest absolute Gasteiger partial charge is 0.460 e. The number of carbonyl (C=O) groups is 4. The molecule has 0 fully saturated rings. The summed E-state index contributed by atoms with van der Waals surface area (Å²) in [6.45, 7) is 5.23. The standard InChI is InChI=1S/C24H19NO7/c1-3-11-25-21(26)16-10-9-14(12-17(16)22(25)27)23(28)31-13-18-15-7-5-6-8-19(15)32-20(18)24(29)30-4-2/h3,5-10,12H,1,4,11,13H2,2H3. The molecule has 1 aliphatic heterocycles. The van der Waals surface area contributed by atoms with E-state index in [9.17, 15) is 19.2 Å². The second kappa shape index (κ2) is 8.50. The van der Waals surface area contributed by atoms with Crippen molar-refractivity contribution in [1.82, 2.24) is 4.90 Å². The fourth-order valence-corrected chi connectivity index (χ4v) is 3.54. The van der Waals surface area contributed by atoms with Crippen molar-refractivity contribution in [3.05, 3.63) is 83.1 Å². The average molecular weight is 433 g/mol. The number of esters is 2. The van der Waals surface area contributed by atoms with E-state index in [1.165, 1.54) is 24.3 Å². The quantitative estimate of drug-likeness (QED) is 0.318. The van der Waals surface area contributed by atoms with E-state index < -0.39 is 23.8 Å². The predicted molar refractivity (Wildman–Crippen MR) is 113 cm³/mol. The van der Waals surface area contributed by atoms with Gasteiger partial charge in [0.2, 0.25) is 5.76 Å². The van der Waals surface area contributed by atoms with Gasteiger partial charge in [0, 0.05) is 11.9 Å². The third-order valence-electron chi connectivity index (χ3n) is 5.02. The summed E-state index contributed by atoms with van der Waals surface area (Å²) in [4.78, 5) is 50.8. The number of rotatable bonds is 7. The third-order valence-corrected chi connectivity index (χ3v) is 5.02. The van der Waals surface area contributed by atoms with E-state index in [0.29, 0.717) is 16.5 Å². The van der Waals surface area contributed by atoms with Crippen LogP contribution in [0.25, 0.3) is 11.0 Å². The van der Waals surface area contributed by atoms with Gasteiger partial charge in [-0.3, -0.25) is 14.5 Å². The van der Waals surface area contributed by atoms with Crippen LogP contribution in [0, 0.1) is 0 Å². The Morgan fingerprint density at radius 2 is 1.78 bits per heavy atom. The van der Waals surface area contributed by atoms with Gasteiger partial charge in [0.05, 0.1) is 28.9 Å². The van der Waals surface area contributed by atoms with Gasteiger partial charge in [0.25, 0.3) is 11.8 Å². The molecule has 0 spiro atoms. The van der Waals surface area contributed by atoms with E-state index in [1.54, 1.807) is 31.2 Å². The van der Waals surface area contributed by atoms with Crippen molar-refractivity contribution in [2.45, 2.75) is 13.5 Å². The molecule has 4 rings (SSSR count). The Labute approximate surface area is 183 Å². The van der Waals surface area contributed by atoms with Gasteiger partial charge < -0.3 is 13.9 Å². The lowest BCUT2D eigenvalue weighted by molar-refractivity contribution is 0.0435. The van der Waals surface area contributed by atoms with E-state index in [2.05, 4.69) is 6.58 Å². The fraction of sp³-hybridized carbons (Fsp3) is 0.167. The van der Waals surface area contributed by atoms with Crippen molar-refractivity contribution >= 4 is 34.7 Å². The molecule has 0 aliphatic carbocycles. The highest BCUT2D eigenvalue weighted by Gasteiger charge is 2.35. The summed E-state index contributed by atoms with van der Waals surface area (Å²) in [6, 6.07) is 11.2. The Balaban J connectivity index is 1.58. The van der Waals surface area contributed by atoms with Gasteiger partial charge in [0.1, 0.15) is 12.2 Å². The summed E-state index contributed by atoms with van der Waals surface area (Å²) in [5.41, 5.74) is 1.31. The van der Waals surface area contributed by atoms with E-state index in [-0.39, 0.29) is 42.2 Å². The molecular weight excluding hydrogens is 414 g/mol. The molecule has 0 saturated heterocycles. The van der Waals surface area contributed by atoms with E-state index in [4.69, 9.17) is 13.9 Å². The highest BCUT2D eigenvalue weighted by molar-refractivity contribution is 6.22. The third kappa shape index (κ3) is 3.56. The Morgan fingerprint density at radius 3 is 2.53 bits per heavy atom. The normalized spacial score (nSPS) is 12.7. The number of hydrogen-bond acceptors (Lipinski definition) is 7. The summed E-state index contributed by atoms with van der Waals surface area (Å²) >= 11 is 0. The molecule has 3 aromatic rings. The van der Waals surface area contributed by atoms with Crippen LogP contribution in [-0.4, -0.2) is 41.8 Å². The molecule has 0 unspecified atom stereocenters. The van der Waals surface area contributed by atoms with Gasteiger partial charge in [-0.05, 0) is 31.2 Å². The summed E-state index contributed by atoms with van der Waals surface area (Å²) < 4.78 is 16.1. The molecule has 1 aromatic heterocycles. The highest BCUT2D eigenvalue weighted by Crippen LogP contribution is 2.28. The number of ether oxygens (including phenoxy) is 2. The van der Waals surface area contributed by atoms with Crippen molar-refractivity contribution in [2.24, 2.45) is 0 Å². The lowest BCUT2D eigenvalue weighted by Gasteiger charge is -2.09. The number of imide groups is 1. The first-order valence-electron chi connectivity index (χ1n) is 9.92. The van der Waals surface area contributed by atoms with Gasteiger partial charge >= 0.3 is 11.9 Å². The van der Waals surface area contributed by atoms with Crippen LogP contribution in [0.2, 0.25) is 0 Å². The summed E-state index contributed by atoms with van der Waals surface area (Å²) in [5, 5.41) is 0.623. The number of furan rings is 1. The van der Waals surface area contributed by atoms with Crippen LogP contribution in [0.3, 0.4) is 0 Å². The predicted octanol–water partition coefficient (Wildman–Crippen LogP) is 3.75. The molecule has 2 amide bonds. The molecular formula is C24H19NO7. The maximum Gasteiger partial charge on any atom is 0.374 e. The van der Waals surface area contributed by atoms with Gasteiger partial charge in [0.15, 0.2) is 0 Å². The average Bonchev–Trinajstić information content (AvgIpc) is 3.28. The van der Waals surface area contributed by atoms with Crippen LogP contribution in [0.15, 0.2) is 59.5 Å². The molecule has 8 nitrogen and oxygen atoms in total. The van der Waals surface area contributed by atoms with E-state index in [1.807, 2.05) is 0 Å². The SMILES string of the molecule is C=CCN1C(=O)c2ccc(C(=O)OCc3c(C(=O)OCC)oc4ccccc34)cc2C1=O. The number of amides is 2. The Morgan fingerprint density at radius 1 is 1.03 bits per heavy atom. The lowest BCUT2D eigenvalue weighted by Crippen LogP contribution is -2.29. The molecule has 0 radical (unpaired) electrons. The monoisotopic (exact) mass is 433 g/mol. The van der Waals surface area contributed by atoms with Crippen molar-refractivity contribution < 1.29 is 33.1 Å². The summed E-state index contributed by atoms with van der Waals surface area (Å²) in [6.07, 6.45) is 1.45. The maximum absolute atomic E-state index is 12.7. The lowest BCUT2D eigenvalue weighted by atomic mass is 10.1. The molecule has 0 atom stereocenters. The zero-order valence-corrected chi connectivity index (χ0v) is 17.3. The minimum absolute atomic E-state index is 0.0318. The minimum Gasteiger partial charge on any atom is -0.460 e. The number of nitrogens with zero attached hydrogens (tertiary/aromatic N) is 1. The molecule has 0 bridgehead atoms. The first-order chi connectivity index (χ1) is 15.5. The van der Waals surface area contributed by atoms with Gasteiger partial charge in [-0.25, -0.2) is 9.59 Å². The van der Waals surface area contributed by atoms with Gasteiger partial charge in [-0.1, -0.05) is 24.3 Å². The molecule has 32 heavy (non-hydrogen) atoms. The molecule has 0 saturated carbocycles. The van der Waals surface area contributed by atoms with Crippen molar-refractivity contribution in [3.8, 4) is 0 Å². The minimum atomic E-state index is -0.713. The Bertz CT molecular complexity index is 1270. The fourth-order valence-electron chi connectivity index (χ4n) is 3.54. The Kier molecular flexibility index (Phi) is 5.59. The van der Waals surface area contributed by atoms with Crippen LogP contribution in [0.5, 0.6) is 0 Å². The zero-order chi connectivity index (χ0) is 22.8. The first-order valence-corrected chi connectivity index (χ1v) is 9.92. The molecule has 2 heterocycles. The number of hydrogen-bond donors (Lipinski definition) is 0. The second-order valence-electron chi connectivity index (χ2n) is 6.97. The van der Waals surface area contributed by atoms with Gasteiger partial charge in [-0.2, -0.15) is 0 Å². The van der Waals surface area contributed by atoms with Crippen molar-refractivity contribution in [2.75, 3.05) is 13.2 Å². The van der Waals surface area contributed by atoms with Crippen LogP contribution in [0.1, 0.15) is 54.1 Å². The summed E-state index contributed by atoms with van der Waals surface area (Å²) in [7, 11) is 0. The van der Waals surface area contributed by atoms with E-state index >= 15 is 0 Å². The van der Waals surface area contributed by atoms with Gasteiger partial charge in [-0.15, -0.1) is 6.58 Å². The second-order valence-corrected chi connectivity index (χ2v) is 6.97. The topological polar surface area (TPSA) is 103 Å². The first kappa shape index (κ1) is 21.0. The van der Waals surface area contributed by atoms with Crippen LogP contribution in [-0.2, 0) is 16.1 Å². The smallest absolute Gasteiger partial charge is 0.374 e. The number of para-hydroxylation sites is 1. The molecule has 2 aromatic carbocycles. The van der Waals surface area contributed by atoms with Crippen LogP contribution in [0.4, 0.5) is 0 Å². The molecule has 1 aliphatic rings. The van der Waals surface area contributed by atoms with Crippen LogP contribution < -0.4 is 0 Å². The number of benzene rings is 2.